The molecule has 29 heavy (non-hydrogen) atoms. The molecule has 0 N–H and O–H groups in total. The largest absolute Gasteiger partial charge is 0.451 e. The number of para-hydroxylation sites is 1. The van der Waals surface area contributed by atoms with E-state index in [-0.39, 0.29) is 17.0 Å². The average molecular weight is 410 g/mol. The molecule has 0 radical (unpaired) electrons. The van der Waals surface area contributed by atoms with Crippen LogP contribution in [0.4, 0.5) is 0 Å². The van der Waals surface area contributed by atoms with Gasteiger partial charge in [-0.2, -0.15) is 0 Å². The maximum Gasteiger partial charge on any atom is 0.290 e. The Labute approximate surface area is 172 Å². The Balaban J connectivity index is 1.84. The first-order chi connectivity index (χ1) is 13.9. The molecule has 0 aliphatic heterocycles. The Morgan fingerprint density at radius 2 is 1.79 bits per heavy atom. The number of likely N-dealkylation sites (N-methyl/N-ethyl adjacent to an activating group) is 1. The van der Waals surface area contributed by atoms with Crippen LogP contribution in [-0.4, -0.2) is 23.6 Å². The third-order valence-electron chi connectivity index (χ3n) is 5.70. The maximum absolute atomic E-state index is 13.4. The number of carbonyl (C=O) groups excluding carboxylic acids is 2. The van der Waals surface area contributed by atoms with Crippen molar-refractivity contribution in [3.8, 4) is 0 Å². The third-order valence-corrected chi connectivity index (χ3v) is 6.03. The molecule has 6 heteroatoms. The minimum Gasteiger partial charge on any atom is -0.451 e. The zero-order valence-electron chi connectivity index (χ0n) is 16.0. The van der Waals surface area contributed by atoms with E-state index in [0.29, 0.717) is 34.4 Å². The Morgan fingerprint density at radius 3 is 2.55 bits per heavy atom. The molecule has 4 rings (SSSR count). The molecule has 0 spiro atoms. The van der Waals surface area contributed by atoms with E-state index in [1.165, 1.54) is 11.0 Å². The molecule has 5 nitrogen and oxygen atoms in total. The molecule has 1 saturated carbocycles. The molecular weight excluding hydrogens is 390 g/mol. The zero-order chi connectivity index (χ0) is 20.6. The Kier molecular flexibility index (Phi) is 5.01. The Bertz CT molecular complexity index is 1170. The summed E-state index contributed by atoms with van der Waals surface area (Å²) >= 11 is 6.45. The molecule has 1 heterocycles. The number of Topliss-reactive ketones (excluding diaryl/α,β-unsaturated/α-hetero) is 1. The second-order valence-electron chi connectivity index (χ2n) is 7.31. The summed E-state index contributed by atoms with van der Waals surface area (Å²) in [5.41, 5.74) is -0.549. The van der Waals surface area contributed by atoms with Crippen molar-refractivity contribution in [2.24, 2.45) is 0 Å². The number of nitrogens with zero attached hydrogens (tertiary/aromatic N) is 1. The summed E-state index contributed by atoms with van der Waals surface area (Å²) < 4.78 is 5.73. The number of benzene rings is 2. The summed E-state index contributed by atoms with van der Waals surface area (Å²) in [4.78, 5) is 40.4. The lowest BCUT2D eigenvalue weighted by Gasteiger charge is -2.43. The summed E-state index contributed by atoms with van der Waals surface area (Å²) in [6.45, 7) is 0. The van der Waals surface area contributed by atoms with Crippen molar-refractivity contribution in [1.29, 1.82) is 0 Å². The minimum atomic E-state index is -1.18. The zero-order valence-corrected chi connectivity index (χ0v) is 16.7. The molecule has 1 fully saturated rings. The van der Waals surface area contributed by atoms with Crippen LogP contribution in [-0.2, 0) is 10.3 Å². The van der Waals surface area contributed by atoms with Gasteiger partial charge in [0, 0.05) is 30.1 Å². The number of carbonyl (C=O) groups is 2. The summed E-state index contributed by atoms with van der Waals surface area (Å²) in [7, 11) is 1.57. The standard InChI is InChI=1S/C23H20ClNO4/c1-25(22(28)20-14-18(26)15-8-2-5-11-19(15)29-20)23(13-7-6-12-21(23)27)16-9-3-4-10-17(16)24/h2-5,8-11,14H,6-7,12-13H2,1H3. The lowest BCUT2D eigenvalue weighted by molar-refractivity contribution is -0.132. The molecule has 1 aliphatic rings. The van der Waals surface area contributed by atoms with Crippen LogP contribution in [0.3, 0.4) is 0 Å². The monoisotopic (exact) mass is 409 g/mol. The number of ketones is 1. The predicted molar refractivity (Wildman–Crippen MR) is 111 cm³/mol. The SMILES string of the molecule is CN(C(=O)c1cc(=O)c2ccccc2o1)C1(c2ccccc2Cl)CCCCC1=O. The summed E-state index contributed by atoms with van der Waals surface area (Å²) in [6, 6.07) is 15.0. The van der Waals surface area contributed by atoms with Crippen LogP contribution in [0.15, 0.2) is 63.8 Å². The molecule has 1 aromatic heterocycles. The van der Waals surface area contributed by atoms with Crippen molar-refractivity contribution < 1.29 is 14.0 Å². The second-order valence-corrected chi connectivity index (χ2v) is 7.71. The van der Waals surface area contributed by atoms with E-state index in [4.69, 9.17) is 16.0 Å². The highest BCUT2D eigenvalue weighted by atomic mass is 35.5. The van der Waals surface area contributed by atoms with Crippen molar-refractivity contribution in [1.82, 2.24) is 4.90 Å². The number of hydrogen-bond donors (Lipinski definition) is 0. The quantitative estimate of drug-likeness (QED) is 0.636. The summed E-state index contributed by atoms with van der Waals surface area (Å²) in [5, 5.41) is 0.837. The van der Waals surface area contributed by atoms with Crippen molar-refractivity contribution >= 4 is 34.3 Å². The number of rotatable bonds is 3. The molecule has 3 aromatic rings. The van der Waals surface area contributed by atoms with Gasteiger partial charge in [0.05, 0.1) is 5.39 Å². The normalized spacial score (nSPS) is 19.3. The van der Waals surface area contributed by atoms with Crippen LogP contribution in [0.2, 0.25) is 5.02 Å². The number of amides is 1. The van der Waals surface area contributed by atoms with Gasteiger partial charge in [0.2, 0.25) is 0 Å². The van der Waals surface area contributed by atoms with Gasteiger partial charge in [0.15, 0.2) is 17.0 Å². The molecule has 1 unspecified atom stereocenters. The van der Waals surface area contributed by atoms with Gasteiger partial charge in [-0.15, -0.1) is 0 Å². The molecule has 148 valence electrons. The van der Waals surface area contributed by atoms with Gasteiger partial charge in [0.1, 0.15) is 11.1 Å². The van der Waals surface area contributed by atoms with Crippen LogP contribution in [0, 0.1) is 0 Å². The first-order valence-electron chi connectivity index (χ1n) is 9.54. The van der Waals surface area contributed by atoms with E-state index in [0.717, 1.165) is 12.8 Å². The number of hydrogen-bond acceptors (Lipinski definition) is 4. The van der Waals surface area contributed by atoms with Crippen molar-refractivity contribution in [3.63, 3.8) is 0 Å². The highest BCUT2D eigenvalue weighted by Crippen LogP contribution is 2.42. The van der Waals surface area contributed by atoms with Crippen LogP contribution in [0.25, 0.3) is 11.0 Å². The van der Waals surface area contributed by atoms with E-state index >= 15 is 0 Å². The number of halogens is 1. The van der Waals surface area contributed by atoms with Crippen molar-refractivity contribution in [3.05, 3.63) is 81.2 Å². The molecule has 2 aromatic carbocycles. The maximum atomic E-state index is 13.4. The fourth-order valence-corrected chi connectivity index (χ4v) is 4.47. The van der Waals surface area contributed by atoms with Gasteiger partial charge in [-0.25, -0.2) is 0 Å². The highest BCUT2D eigenvalue weighted by molar-refractivity contribution is 6.31. The molecule has 1 atom stereocenters. The minimum absolute atomic E-state index is 0.0594. The van der Waals surface area contributed by atoms with E-state index < -0.39 is 11.4 Å². The Morgan fingerprint density at radius 1 is 1.07 bits per heavy atom. The van der Waals surface area contributed by atoms with E-state index in [1.54, 1.807) is 55.6 Å². The molecule has 1 aliphatic carbocycles. The van der Waals surface area contributed by atoms with E-state index in [2.05, 4.69) is 0 Å². The van der Waals surface area contributed by atoms with Crippen LogP contribution < -0.4 is 5.43 Å². The predicted octanol–water partition coefficient (Wildman–Crippen LogP) is 4.56. The summed E-state index contributed by atoms with van der Waals surface area (Å²) in [6.07, 6.45) is 2.40. The van der Waals surface area contributed by atoms with Crippen molar-refractivity contribution in [2.75, 3.05) is 7.05 Å². The number of fused-ring (bicyclic) bond motifs is 1. The fourth-order valence-electron chi connectivity index (χ4n) is 4.18. The first-order valence-corrected chi connectivity index (χ1v) is 9.92. The second kappa shape index (κ2) is 7.48. The lowest BCUT2D eigenvalue weighted by atomic mass is 9.74. The topological polar surface area (TPSA) is 67.6 Å². The van der Waals surface area contributed by atoms with Crippen LogP contribution in [0.1, 0.15) is 41.8 Å². The highest BCUT2D eigenvalue weighted by Gasteiger charge is 2.48. The van der Waals surface area contributed by atoms with Gasteiger partial charge in [-0.1, -0.05) is 41.9 Å². The van der Waals surface area contributed by atoms with Crippen LogP contribution >= 0.6 is 11.6 Å². The first kappa shape index (κ1) is 19.4. The Hall–Kier alpha value is -2.92. The molecular formula is C23H20ClNO4. The van der Waals surface area contributed by atoms with E-state index in [9.17, 15) is 14.4 Å². The van der Waals surface area contributed by atoms with Gasteiger partial charge >= 0.3 is 0 Å². The third kappa shape index (κ3) is 3.15. The van der Waals surface area contributed by atoms with Crippen LogP contribution in [0.5, 0.6) is 0 Å². The molecule has 0 saturated heterocycles. The smallest absolute Gasteiger partial charge is 0.290 e. The average Bonchev–Trinajstić information content (AvgIpc) is 2.74. The van der Waals surface area contributed by atoms with Gasteiger partial charge in [0.25, 0.3) is 5.91 Å². The van der Waals surface area contributed by atoms with E-state index in [1.807, 2.05) is 0 Å². The van der Waals surface area contributed by atoms with Gasteiger partial charge < -0.3 is 9.32 Å². The lowest BCUT2D eigenvalue weighted by Crippen LogP contribution is -2.54. The van der Waals surface area contributed by atoms with Crippen molar-refractivity contribution in [2.45, 2.75) is 31.2 Å². The molecule has 0 bridgehead atoms. The summed E-state index contributed by atoms with van der Waals surface area (Å²) in [5.74, 6) is -0.681. The fraction of sp³-hybridized carbons (Fsp3) is 0.261. The molecule has 1 amide bonds. The van der Waals surface area contributed by atoms with Gasteiger partial charge in [-0.3, -0.25) is 14.4 Å². The van der Waals surface area contributed by atoms with Gasteiger partial charge in [-0.05, 0) is 37.5 Å².